The highest BCUT2D eigenvalue weighted by Crippen LogP contribution is 2.46. The predicted molar refractivity (Wildman–Crippen MR) is 118 cm³/mol. The van der Waals surface area contributed by atoms with Crippen LogP contribution in [0, 0.1) is 5.92 Å². The molecule has 28 heavy (non-hydrogen) atoms. The smallest absolute Gasteiger partial charge is 0.119 e. The third-order valence-corrected chi connectivity index (χ3v) is 5.61. The van der Waals surface area contributed by atoms with E-state index in [9.17, 15) is 10.2 Å². The van der Waals surface area contributed by atoms with Crippen LogP contribution >= 0.6 is 0 Å². The molecule has 2 atom stereocenters. The molecular formula is C26H28O2. The van der Waals surface area contributed by atoms with Gasteiger partial charge in [-0.25, -0.2) is 0 Å². The van der Waals surface area contributed by atoms with Crippen molar-refractivity contribution in [3.05, 3.63) is 103 Å². The highest BCUT2D eigenvalue weighted by molar-refractivity contribution is 5.77. The summed E-state index contributed by atoms with van der Waals surface area (Å²) in [6, 6.07) is 11.4. The van der Waals surface area contributed by atoms with Crippen LogP contribution in [0.3, 0.4) is 0 Å². The average molecular weight is 373 g/mol. The summed E-state index contributed by atoms with van der Waals surface area (Å²) in [5.74, 6) is 1.10. The molecule has 0 radical (unpaired) electrons. The first-order chi connectivity index (χ1) is 13.6. The van der Waals surface area contributed by atoms with Crippen molar-refractivity contribution >= 4 is 5.57 Å². The molecule has 2 heteroatoms. The number of benzene rings is 2. The van der Waals surface area contributed by atoms with Gasteiger partial charge in [-0.1, -0.05) is 48.6 Å². The van der Waals surface area contributed by atoms with Crippen molar-refractivity contribution in [2.75, 3.05) is 0 Å². The van der Waals surface area contributed by atoms with Crippen LogP contribution in [-0.4, -0.2) is 10.2 Å². The number of phenolic OH excluding ortho intramolecular Hbond substituents is 2. The van der Waals surface area contributed by atoms with Crippen molar-refractivity contribution in [2.45, 2.75) is 31.6 Å². The van der Waals surface area contributed by atoms with Gasteiger partial charge in [0.25, 0.3) is 0 Å². The highest BCUT2D eigenvalue weighted by Gasteiger charge is 2.29. The van der Waals surface area contributed by atoms with Crippen molar-refractivity contribution in [3.63, 3.8) is 0 Å². The monoisotopic (exact) mass is 372 g/mol. The minimum atomic E-state index is 0.115. The molecule has 0 bridgehead atoms. The average Bonchev–Trinajstić information content (AvgIpc) is 2.71. The Hall–Kier alpha value is -3.00. The molecule has 0 amide bonds. The Morgan fingerprint density at radius 3 is 2.21 bits per heavy atom. The maximum absolute atomic E-state index is 10.5. The maximum atomic E-state index is 10.5. The molecule has 0 aliphatic heterocycles. The van der Waals surface area contributed by atoms with Gasteiger partial charge in [-0.2, -0.15) is 0 Å². The van der Waals surface area contributed by atoms with Crippen LogP contribution in [0.1, 0.15) is 41.0 Å². The van der Waals surface area contributed by atoms with E-state index < -0.39 is 0 Å². The normalized spacial score (nSPS) is 18.9. The Morgan fingerprint density at radius 1 is 0.893 bits per heavy atom. The molecule has 2 nitrogen and oxygen atoms in total. The summed E-state index contributed by atoms with van der Waals surface area (Å²) in [4.78, 5) is 0. The van der Waals surface area contributed by atoms with E-state index in [2.05, 4.69) is 37.9 Å². The molecule has 2 aromatic carbocycles. The molecule has 3 rings (SSSR count). The van der Waals surface area contributed by atoms with Crippen LogP contribution in [0.15, 0.2) is 80.4 Å². The standard InChI is InChI=1S/C26H28O2/c1-4-9-22-19(11-7-13-25(22)27)21-16-15-18(6-3)17-24(21)20-12-8-14-26(28)23(20)10-5-2/h4-8,11-14,16,18,24,27-28H,1-3,9-10,15,17H2. The second kappa shape index (κ2) is 8.79. The first kappa shape index (κ1) is 19.8. The van der Waals surface area contributed by atoms with E-state index in [1.807, 2.05) is 30.4 Å². The van der Waals surface area contributed by atoms with E-state index >= 15 is 0 Å². The first-order valence-electron chi connectivity index (χ1n) is 9.77. The number of allylic oxidation sites excluding steroid dienone is 5. The Morgan fingerprint density at radius 2 is 1.54 bits per heavy atom. The van der Waals surface area contributed by atoms with Crippen molar-refractivity contribution in [1.82, 2.24) is 0 Å². The van der Waals surface area contributed by atoms with Crippen molar-refractivity contribution in [3.8, 4) is 11.5 Å². The van der Waals surface area contributed by atoms with Crippen molar-refractivity contribution < 1.29 is 10.2 Å². The molecule has 2 N–H and O–H groups in total. The molecule has 1 aliphatic rings. The van der Waals surface area contributed by atoms with Gasteiger partial charge in [-0.3, -0.25) is 0 Å². The molecule has 1 aliphatic carbocycles. The molecule has 2 aromatic rings. The highest BCUT2D eigenvalue weighted by atomic mass is 16.3. The zero-order valence-corrected chi connectivity index (χ0v) is 16.3. The van der Waals surface area contributed by atoms with Crippen molar-refractivity contribution in [2.24, 2.45) is 5.92 Å². The van der Waals surface area contributed by atoms with Gasteiger partial charge < -0.3 is 10.2 Å². The molecule has 0 aromatic heterocycles. The van der Waals surface area contributed by atoms with Crippen LogP contribution < -0.4 is 0 Å². The summed E-state index contributed by atoms with van der Waals surface area (Å²) in [7, 11) is 0. The molecule has 0 spiro atoms. The van der Waals surface area contributed by atoms with Crippen molar-refractivity contribution in [1.29, 1.82) is 0 Å². The van der Waals surface area contributed by atoms with E-state index in [1.54, 1.807) is 12.1 Å². The molecule has 0 heterocycles. The van der Waals surface area contributed by atoms with E-state index in [4.69, 9.17) is 0 Å². The molecule has 0 saturated heterocycles. The van der Waals surface area contributed by atoms with E-state index in [0.29, 0.717) is 30.3 Å². The summed E-state index contributed by atoms with van der Waals surface area (Å²) in [5.41, 5.74) is 5.19. The lowest BCUT2D eigenvalue weighted by Gasteiger charge is -2.32. The van der Waals surface area contributed by atoms with Gasteiger partial charge in [0.05, 0.1) is 0 Å². The van der Waals surface area contributed by atoms with Crippen LogP contribution in [0.5, 0.6) is 11.5 Å². The number of aromatic hydroxyl groups is 2. The lowest BCUT2D eigenvalue weighted by molar-refractivity contribution is 0.465. The third-order valence-electron chi connectivity index (χ3n) is 5.61. The Balaban J connectivity index is 2.18. The maximum Gasteiger partial charge on any atom is 0.119 e. The Labute approximate surface area is 167 Å². The van der Waals surface area contributed by atoms with E-state index in [0.717, 1.165) is 35.1 Å². The van der Waals surface area contributed by atoms with Crippen LogP contribution in [0.4, 0.5) is 0 Å². The van der Waals surface area contributed by atoms with Gasteiger partial charge in [0.1, 0.15) is 11.5 Å². The first-order valence-corrected chi connectivity index (χ1v) is 9.77. The fourth-order valence-corrected chi connectivity index (χ4v) is 4.22. The molecule has 0 saturated carbocycles. The number of hydrogen-bond acceptors (Lipinski definition) is 2. The van der Waals surface area contributed by atoms with E-state index in [1.165, 1.54) is 5.57 Å². The lowest BCUT2D eigenvalue weighted by Crippen LogP contribution is -2.15. The quantitative estimate of drug-likeness (QED) is 0.559. The van der Waals surface area contributed by atoms with Gasteiger partial charge in [0, 0.05) is 17.0 Å². The molecule has 2 unspecified atom stereocenters. The second-order valence-corrected chi connectivity index (χ2v) is 7.31. The topological polar surface area (TPSA) is 40.5 Å². The zero-order valence-electron chi connectivity index (χ0n) is 16.3. The second-order valence-electron chi connectivity index (χ2n) is 7.31. The van der Waals surface area contributed by atoms with E-state index in [-0.39, 0.29) is 5.92 Å². The van der Waals surface area contributed by atoms with Crippen LogP contribution in [0.25, 0.3) is 5.57 Å². The van der Waals surface area contributed by atoms with Gasteiger partial charge in [0.15, 0.2) is 0 Å². The summed E-state index contributed by atoms with van der Waals surface area (Å²) < 4.78 is 0. The minimum Gasteiger partial charge on any atom is -0.508 e. The SMILES string of the molecule is C=CCc1c(O)cccc1C1=CCC(C=C)CC1c1cccc(O)c1CC=C. The van der Waals surface area contributed by atoms with Gasteiger partial charge in [-0.15, -0.1) is 19.7 Å². The predicted octanol–water partition coefficient (Wildman–Crippen LogP) is 6.32. The number of rotatable bonds is 7. The van der Waals surface area contributed by atoms with Gasteiger partial charge >= 0.3 is 0 Å². The molecule has 144 valence electrons. The third kappa shape index (κ3) is 3.82. The zero-order chi connectivity index (χ0) is 20.1. The summed E-state index contributed by atoms with van der Waals surface area (Å²) >= 11 is 0. The number of hydrogen-bond donors (Lipinski definition) is 2. The minimum absolute atomic E-state index is 0.115. The summed E-state index contributed by atoms with van der Waals surface area (Å²) in [6.45, 7) is 11.7. The lowest BCUT2D eigenvalue weighted by atomic mass is 9.72. The largest absolute Gasteiger partial charge is 0.508 e. The Bertz CT molecular complexity index is 920. The van der Waals surface area contributed by atoms with Gasteiger partial charge in [0.2, 0.25) is 0 Å². The summed E-state index contributed by atoms with van der Waals surface area (Å²) in [6.07, 6.45) is 11.0. The number of phenols is 2. The fraction of sp³-hybridized carbons (Fsp3) is 0.231. The molecule has 0 fully saturated rings. The van der Waals surface area contributed by atoms with Crippen LogP contribution in [0.2, 0.25) is 0 Å². The molecular weight excluding hydrogens is 344 g/mol. The summed E-state index contributed by atoms with van der Waals surface area (Å²) in [5, 5.41) is 20.9. The fourth-order valence-electron chi connectivity index (χ4n) is 4.22. The van der Waals surface area contributed by atoms with Gasteiger partial charge in [-0.05, 0) is 60.4 Å². The Kier molecular flexibility index (Phi) is 6.20. The van der Waals surface area contributed by atoms with Crippen LogP contribution in [-0.2, 0) is 12.8 Å².